The molecule has 2 bridgehead atoms. The Balaban J connectivity index is 1.34. The average Bonchev–Trinajstić information content (AvgIpc) is 3.41. The van der Waals surface area contributed by atoms with Crippen LogP contribution in [0.4, 0.5) is 4.39 Å². The van der Waals surface area contributed by atoms with Crippen molar-refractivity contribution in [3.63, 3.8) is 0 Å². The zero-order valence-corrected chi connectivity index (χ0v) is 15.3. The van der Waals surface area contributed by atoms with Gasteiger partial charge in [0, 0.05) is 42.6 Å². The number of imidazole rings is 1. The first kappa shape index (κ1) is 17.1. The van der Waals surface area contributed by atoms with Crippen LogP contribution < -0.4 is 10.1 Å². The van der Waals surface area contributed by atoms with E-state index < -0.39 is 17.8 Å². The van der Waals surface area contributed by atoms with Crippen LogP contribution in [0.25, 0.3) is 16.9 Å². The number of fused-ring (bicyclic) bond motifs is 2. The maximum absolute atomic E-state index is 14.6. The lowest BCUT2D eigenvalue weighted by atomic mass is 9.99. The summed E-state index contributed by atoms with van der Waals surface area (Å²) in [5.41, 5.74) is 1.35. The zero-order chi connectivity index (χ0) is 19.3. The SMILES string of the molecule is C[C@@]12C[C@@H](CN1)[C@H](Oc1ccc(-c3ccc(-n4ccnc4)cc3O)nn1)[C@H]2F. The summed E-state index contributed by atoms with van der Waals surface area (Å²) in [5, 5.41) is 21.9. The summed E-state index contributed by atoms with van der Waals surface area (Å²) in [7, 11) is 0. The maximum Gasteiger partial charge on any atom is 0.233 e. The first-order valence-electron chi connectivity index (χ1n) is 9.25. The Kier molecular flexibility index (Phi) is 3.83. The summed E-state index contributed by atoms with van der Waals surface area (Å²) in [6.45, 7) is 2.65. The number of benzene rings is 1. The molecule has 2 aliphatic rings. The van der Waals surface area contributed by atoms with E-state index in [1.54, 1.807) is 47.6 Å². The zero-order valence-electron chi connectivity index (χ0n) is 15.3. The van der Waals surface area contributed by atoms with E-state index in [4.69, 9.17) is 4.74 Å². The van der Waals surface area contributed by atoms with Crippen LogP contribution in [0.3, 0.4) is 0 Å². The molecule has 0 radical (unpaired) electrons. The Morgan fingerprint density at radius 2 is 2.18 bits per heavy atom. The van der Waals surface area contributed by atoms with Crippen molar-refractivity contribution in [2.75, 3.05) is 6.54 Å². The Morgan fingerprint density at radius 1 is 1.29 bits per heavy atom. The Hall–Kier alpha value is -3.00. The molecule has 7 nitrogen and oxygen atoms in total. The number of nitrogens with one attached hydrogen (secondary N) is 1. The van der Waals surface area contributed by atoms with E-state index in [9.17, 15) is 9.50 Å². The number of nitrogens with zero attached hydrogens (tertiary/aromatic N) is 4. The fourth-order valence-corrected chi connectivity index (χ4v) is 4.23. The van der Waals surface area contributed by atoms with Gasteiger partial charge in [-0.3, -0.25) is 0 Å². The number of aromatic hydroxyl groups is 1. The van der Waals surface area contributed by atoms with Crippen molar-refractivity contribution >= 4 is 0 Å². The molecule has 3 aromatic rings. The van der Waals surface area contributed by atoms with Crippen LogP contribution in [0, 0.1) is 5.92 Å². The molecule has 2 N–H and O–H groups in total. The van der Waals surface area contributed by atoms with E-state index in [1.165, 1.54) is 0 Å². The van der Waals surface area contributed by atoms with Crippen LogP contribution in [0.5, 0.6) is 11.6 Å². The molecule has 0 unspecified atom stereocenters. The van der Waals surface area contributed by atoms with Gasteiger partial charge in [0.25, 0.3) is 0 Å². The Morgan fingerprint density at radius 3 is 2.82 bits per heavy atom. The van der Waals surface area contributed by atoms with Crippen LogP contribution >= 0.6 is 0 Å². The highest BCUT2D eigenvalue weighted by Gasteiger charge is 2.57. The van der Waals surface area contributed by atoms with Crippen LogP contribution in [0.15, 0.2) is 49.1 Å². The minimum absolute atomic E-state index is 0.0880. The van der Waals surface area contributed by atoms with Crippen LogP contribution in [-0.2, 0) is 0 Å². The average molecular weight is 381 g/mol. The van der Waals surface area contributed by atoms with E-state index in [0.29, 0.717) is 17.1 Å². The number of piperidine rings is 1. The minimum atomic E-state index is -1.08. The van der Waals surface area contributed by atoms with Gasteiger partial charge in [0.2, 0.25) is 5.88 Å². The van der Waals surface area contributed by atoms with Gasteiger partial charge in [-0.05, 0) is 31.5 Å². The molecule has 0 amide bonds. The number of halogens is 1. The van der Waals surface area contributed by atoms with E-state index in [-0.39, 0.29) is 11.7 Å². The molecule has 1 aliphatic heterocycles. The summed E-state index contributed by atoms with van der Waals surface area (Å²) in [6, 6.07) is 8.66. The van der Waals surface area contributed by atoms with Gasteiger partial charge in [-0.1, -0.05) is 0 Å². The molecule has 4 atom stereocenters. The van der Waals surface area contributed by atoms with Gasteiger partial charge in [0.15, 0.2) is 6.17 Å². The van der Waals surface area contributed by atoms with Crippen LogP contribution in [0.2, 0.25) is 0 Å². The summed E-state index contributed by atoms with van der Waals surface area (Å²) >= 11 is 0. The summed E-state index contributed by atoms with van der Waals surface area (Å²) in [4.78, 5) is 4.00. The number of phenols is 1. The quantitative estimate of drug-likeness (QED) is 0.722. The van der Waals surface area contributed by atoms with Gasteiger partial charge < -0.3 is 19.7 Å². The maximum atomic E-state index is 14.6. The summed E-state index contributed by atoms with van der Waals surface area (Å²) in [5.74, 6) is 0.522. The Labute approximate surface area is 161 Å². The molecule has 28 heavy (non-hydrogen) atoms. The van der Waals surface area contributed by atoms with E-state index in [2.05, 4.69) is 20.5 Å². The van der Waals surface area contributed by atoms with E-state index >= 15 is 0 Å². The molecule has 1 saturated heterocycles. The number of aromatic nitrogens is 4. The summed E-state index contributed by atoms with van der Waals surface area (Å²) < 4.78 is 22.2. The molecule has 1 saturated carbocycles. The molecule has 8 heteroatoms. The summed E-state index contributed by atoms with van der Waals surface area (Å²) in [6.07, 6.45) is 4.31. The lowest BCUT2D eigenvalue weighted by Gasteiger charge is -2.32. The number of phenolic OH excluding ortho intramolecular Hbond substituents is 1. The molecule has 0 spiro atoms. The fourth-order valence-electron chi connectivity index (χ4n) is 4.23. The van der Waals surface area contributed by atoms with Gasteiger partial charge in [0.1, 0.15) is 11.9 Å². The predicted molar refractivity (Wildman–Crippen MR) is 100 cm³/mol. The topological polar surface area (TPSA) is 85.1 Å². The molecule has 5 rings (SSSR count). The van der Waals surface area contributed by atoms with Crippen molar-refractivity contribution in [3.05, 3.63) is 49.1 Å². The van der Waals surface area contributed by atoms with Crippen molar-refractivity contribution in [2.45, 2.75) is 31.2 Å². The smallest absolute Gasteiger partial charge is 0.233 e. The number of hydrogen-bond donors (Lipinski definition) is 2. The van der Waals surface area contributed by atoms with Gasteiger partial charge in [-0.15, -0.1) is 10.2 Å². The number of ether oxygens (including phenoxy) is 1. The lowest BCUT2D eigenvalue weighted by molar-refractivity contribution is 0.0407. The lowest BCUT2D eigenvalue weighted by Crippen LogP contribution is -2.53. The first-order chi connectivity index (χ1) is 13.5. The first-order valence-corrected chi connectivity index (χ1v) is 9.25. The molecular formula is C20H20FN5O2. The number of hydrogen-bond acceptors (Lipinski definition) is 6. The number of rotatable bonds is 4. The minimum Gasteiger partial charge on any atom is -0.507 e. The van der Waals surface area contributed by atoms with Crippen molar-refractivity contribution in [2.24, 2.45) is 5.92 Å². The second-order valence-electron chi connectivity index (χ2n) is 7.68. The van der Waals surface area contributed by atoms with Gasteiger partial charge in [-0.2, -0.15) is 0 Å². The largest absolute Gasteiger partial charge is 0.507 e. The third kappa shape index (κ3) is 2.72. The van der Waals surface area contributed by atoms with Crippen LogP contribution in [-0.4, -0.2) is 49.2 Å². The highest BCUT2D eigenvalue weighted by molar-refractivity contribution is 5.68. The molecule has 2 aromatic heterocycles. The fraction of sp³-hybridized carbons (Fsp3) is 0.350. The van der Waals surface area contributed by atoms with Crippen molar-refractivity contribution in [1.29, 1.82) is 0 Å². The second kappa shape index (κ2) is 6.27. The van der Waals surface area contributed by atoms with Gasteiger partial charge in [-0.25, -0.2) is 9.37 Å². The molecule has 1 aromatic carbocycles. The Bertz CT molecular complexity index is 994. The standard InChI is InChI=1S/C20H20FN5O2/c1-20-9-12(10-23-20)18(19(20)21)28-17-5-4-15(24-25-17)14-3-2-13(8-16(14)27)26-7-6-22-11-26/h2-8,11-12,18-19,23,27H,9-10H2,1H3/t12-,18-,19+,20-/m0/s1. The van der Waals surface area contributed by atoms with Crippen molar-refractivity contribution < 1.29 is 14.2 Å². The van der Waals surface area contributed by atoms with Gasteiger partial charge in [0.05, 0.1) is 23.2 Å². The monoisotopic (exact) mass is 381 g/mol. The highest BCUT2D eigenvalue weighted by Crippen LogP contribution is 2.43. The van der Waals surface area contributed by atoms with Crippen molar-refractivity contribution in [3.8, 4) is 28.6 Å². The molecule has 1 aliphatic carbocycles. The third-order valence-electron chi connectivity index (χ3n) is 5.77. The van der Waals surface area contributed by atoms with E-state index in [1.807, 2.05) is 13.0 Å². The second-order valence-corrected chi connectivity index (χ2v) is 7.68. The predicted octanol–water partition coefficient (Wildman–Crippen LogP) is 2.50. The molecule has 3 heterocycles. The van der Waals surface area contributed by atoms with Crippen LogP contribution in [0.1, 0.15) is 13.3 Å². The third-order valence-corrected chi connectivity index (χ3v) is 5.77. The normalized spacial score (nSPS) is 28.6. The van der Waals surface area contributed by atoms with E-state index in [0.717, 1.165) is 18.7 Å². The van der Waals surface area contributed by atoms with Crippen molar-refractivity contribution in [1.82, 2.24) is 25.1 Å². The van der Waals surface area contributed by atoms with Gasteiger partial charge >= 0.3 is 0 Å². The molecule has 144 valence electrons. The molecule has 2 fully saturated rings. The molecular weight excluding hydrogens is 361 g/mol. The number of alkyl halides is 1. The highest BCUT2D eigenvalue weighted by atomic mass is 19.1.